The van der Waals surface area contributed by atoms with Gasteiger partial charge in [-0.2, -0.15) is 5.11 Å². The van der Waals surface area contributed by atoms with Crippen LogP contribution in [-0.2, 0) is 11.2 Å². The second-order valence-electron chi connectivity index (χ2n) is 5.86. The molecule has 0 saturated carbocycles. The van der Waals surface area contributed by atoms with E-state index in [-0.39, 0.29) is 11.9 Å². The molecule has 1 amide bonds. The summed E-state index contributed by atoms with van der Waals surface area (Å²) < 4.78 is 3.90. The first-order chi connectivity index (χ1) is 11.2. The number of hydrogen-bond acceptors (Lipinski definition) is 4. The van der Waals surface area contributed by atoms with Crippen molar-refractivity contribution in [2.75, 3.05) is 5.75 Å². The quantitative estimate of drug-likeness (QED) is 0.846. The molecule has 23 heavy (non-hydrogen) atoms. The first-order valence-corrected chi connectivity index (χ1v) is 8.56. The van der Waals surface area contributed by atoms with Crippen molar-refractivity contribution >= 4 is 17.9 Å². The number of benzene rings is 2. The second kappa shape index (κ2) is 6.96. The molecule has 0 radical (unpaired) electrons. The Morgan fingerprint density at radius 3 is 2.43 bits per heavy atom. The van der Waals surface area contributed by atoms with Gasteiger partial charge >= 0.3 is 0 Å². The largest absolute Gasteiger partial charge is 0.347 e. The number of carbonyl (C=O) groups excluding carboxylic acids is 1. The summed E-state index contributed by atoms with van der Waals surface area (Å²) in [5, 5.41) is 7.26. The third-order valence-corrected chi connectivity index (χ3v) is 4.83. The minimum absolute atomic E-state index is 0.0731. The number of rotatable bonds is 5. The Bertz CT molecular complexity index is 690. The Balaban J connectivity index is 1.81. The fraction of sp³-hybridized carbons (Fsp3) is 0.278. The number of hydrogen-bond donors (Lipinski definition) is 1. The number of amides is 1. The van der Waals surface area contributed by atoms with Gasteiger partial charge in [-0.3, -0.25) is 4.79 Å². The third-order valence-electron chi connectivity index (χ3n) is 3.94. The maximum Gasteiger partial charge on any atom is 0.251 e. The van der Waals surface area contributed by atoms with Crippen LogP contribution in [0, 0.1) is 0 Å². The predicted molar refractivity (Wildman–Crippen MR) is 93.2 cm³/mol. The molecule has 1 heterocycles. The molecule has 2 atom stereocenters. The van der Waals surface area contributed by atoms with E-state index < -0.39 is 5.54 Å². The van der Waals surface area contributed by atoms with E-state index in [1.165, 1.54) is 17.5 Å². The van der Waals surface area contributed by atoms with Crippen LogP contribution in [0.25, 0.3) is 0 Å². The lowest BCUT2D eigenvalue weighted by Crippen LogP contribution is -2.45. The minimum atomic E-state index is -0.769. The molecule has 0 saturated heterocycles. The van der Waals surface area contributed by atoms with Crippen molar-refractivity contribution in [3.05, 3.63) is 71.8 Å². The highest BCUT2D eigenvalue weighted by molar-refractivity contribution is 7.98. The summed E-state index contributed by atoms with van der Waals surface area (Å²) in [4.78, 5) is 12.7. The normalized spacial score (nSPS) is 21.1. The van der Waals surface area contributed by atoms with Crippen molar-refractivity contribution in [2.24, 2.45) is 9.63 Å². The van der Waals surface area contributed by atoms with Crippen molar-refractivity contribution in [2.45, 2.75) is 24.9 Å². The van der Waals surface area contributed by atoms with Crippen LogP contribution in [-0.4, -0.2) is 17.2 Å². The average molecular weight is 325 g/mol. The van der Waals surface area contributed by atoms with E-state index in [4.69, 9.17) is 0 Å². The number of nitrogens with one attached hydrogen (secondary N) is 1. The molecule has 0 aromatic heterocycles. The molecular formula is C18H19N3OS. The predicted octanol–water partition coefficient (Wildman–Crippen LogP) is 3.96. The second-order valence-corrected chi connectivity index (χ2v) is 6.57. The zero-order valence-corrected chi connectivity index (χ0v) is 13.8. The van der Waals surface area contributed by atoms with E-state index >= 15 is 0 Å². The van der Waals surface area contributed by atoms with E-state index in [2.05, 4.69) is 27.1 Å². The fourth-order valence-electron chi connectivity index (χ4n) is 2.51. The molecule has 0 bridgehead atoms. The van der Waals surface area contributed by atoms with E-state index in [0.717, 1.165) is 12.0 Å². The Morgan fingerprint density at radius 1 is 1.17 bits per heavy atom. The molecule has 5 heteroatoms. The number of nitrogens with zero attached hydrogens (tertiary/aromatic N) is 2. The molecule has 4 nitrogen and oxygen atoms in total. The molecule has 3 rings (SSSR count). The zero-order valence-electron chi connectivity index (χ0n) is 13.0. The van der Waals surface area contributed by atoms with Gasteiger partial charge in [0, 0.05) is 11.9 Å². The van der Waals surface area contributed by atoms with E-state index in [1.54, 1.807) is 0 Å². The van der Waals surface area contributed by atoms with Gasteiger partial charge in [-0.15, -0.1) is 4.52 Å². The van der Waals surface area contributed by atoms with Crippen LogP contribution in [0.3, 0.4) is 0 Å². The average Bonchev–Trinajstić information content (AvgIpc) is 3.04. The molecule has 0 fully saturated rings. The van der Waals surface area contributed by atoms with Crippen LogP contribution in [0.5, 0.6) is 0 Å². The zero-order chi connectivity index (χ0) is 16.1. The maximum absolute atomic E-state index is 12.7. The van der Waals surface area contributed by atoms with Gasteiger partial charge in [-0.1, -0.05) is 60.7 Å². The topological polar surface area (TPSA) is 53.8 Å². The summed E-state index contributed by atoms with van der Waals surface area (Å²) in [5.74, 6) is 0.516. The van der Waals surface area contributed by atoms with Gasteiger partial charge < -0.3 is 5.32 Å². The summed E-state index contributed by atoms with van der Waals surface area (Å²) >= 11 is 1.33. The lowest BCUT2D eigenvalue weighted by Gasteiger charge is -2.24. The first kappa shape index (κ1) is 15.7. The molecule has 1 aliphatic rings. The van der Waals surface area contributed by atoms with Gasteiger partial charge in [0.05, 0.1) is 11.8 Å². The van der Waals surface area contributed by atoms with Crippen molar-refractivity contribution < 1.29 is 4.79 Å². The van der Waals surface area contributed by atoms with Crippen LogP contribution in [0.15, 0.2) is 70.3 Å². The molecular weight excluding hydrogens is 306 g/mol. The lowest BCUT2D eigenvalue weighted by atomic mass is 9.97. The molecule has 2 aromatic carbocycles. The molecule has 2 aromatic rings. The Hall–Kier alpha value is -2.14. The van der Waals surface area contributed by atoms with Crippen LogP contribution < -0.4 is 5.32 Å². The highest BCUT2D eigenvalue weighted by atomic mass is 32.2. The van der Waals surface area contributed by atoms with Crippen LogP contribution in [0.2, 0.25) is 0 Å². The van der Waals surface area contributed by atoms with Gasteiger partial charge in [0.15, 0.2) is 5.54 Å². The maximum atomic E-state index is 12.7. The third kappa shape index (κ3) is 3.79. The summed E-state index contributed by atoms with van der Waals surface area (Å²) in [6, 6.07) is 20.2. The molecule has 1 N–H and O–H groups in total. The van der Waals surface area contributed by atoms with E-state index in [1.807, 2.05) is 55.5 Å². The van der Waals surface area contributed by atoms with Crippen molar-refractivity contribution in [1.29, 1.82) is 0 Å². The monoisotopic (exact) mass is 325 g/mol. The molecule has 0 spiro atoms. The van der Waals surface area contributed by atoms with Crippen LogP contribution in [0.4, 0.5) is 0 Å². The van der Waals surface area contributed by atoms with Crippen molar-refractivity contribution in [3.63, 3.8) is 0 Å². The van der Waals surface area contributed by atoms with Crippen LogP contribution in [0.1, 0.15) is 24.1 Å². The minimum Gasteiger partial charge on any atom is -0.347 e. The standard InChI is InChI=1S/C18H19N3OS/c1-18(13-23-21-20-18)17(22)19-16(15-10-6-3-7-11-15)12-14-8-4-2-5-9-14/h2-11,16H,12-13H2,1H3,(H,19,22). The summed E-state index contributed by atoms with van der Waals surface area (Å²) in [7, 11) is 0. The highest BCUT2D eigenvalue weighted by Gasteiger charge is 2.38. The Morgan fingerprint density at radius 2 is 1.83 bits per heavy atom. The van der Waals surface area contributed by atoms with E-state index in [0.29, 0.717) is 5.75 Å². The first-order valence-electron chi connectivity index (χ1n) is 7.61. The molecule has 1 aliphatic heterocycles. The van der Waals surface area contributed by atoms with Gasteiger partial charge in [-0.05, 0) is 24.5 Å². The summed E-state index contributed by atoms with van der Waals surface area (Å²) in [6.07, 6.45) is 0.747. The highest BCUT2D eigenvalue weighted by Crippen LogP contribution is 2.29. The molecule has 0 aliphatic carbocycles. The van der Waals surface area contributed by atoms with Gasteiger partial charge in [0.1, 0.15) is 0 Å². The molecule has 118 valence electrons. The van der Waals surface area contributed by atoms with Gasteiger partial charge in [-0.25, -0.2) is 0 Å². The van der Waals surface area contributed by atoms with Gasteiger partial charge in [0.2, 0.25) is 0 Å². The number of carbonyl (C=O) groups is 1. The smallest absolute Gasteiger partial charge is 0.251 e. The Labute approximate surface area is 140 Å². The Kier molecular flexibility index (Phi) is 4.76. The van der Waals surface area contributed by atoms with Crippen molar-refractivity contribution in [1.82, 2.24) is 5.32 Å². The SMILES string of the molecule is CC1(C(=O)NC(Cc2ccccc2)c2ccccc2)CSN=N1. The van der Waals surface area contributed by atoms with Crippen LogP contribution >= 0.6 is 11.9 Å². The summed E-state index contributed by atoms with van der Waals surface area (Å²) in [6.45, 7) is 1.83. The van der Waals surface area contributed by atoms with Gasteiger partial charge in [0.25, 0.3) is 5.91 Å². The summed E-state index contributed by atoms with van der Waals surface area (Å²) in [5.41, 5.74) is 1.51. The van der Waals surface area contributed by atoms with Crippen molar-refractivity contribution in [3.8, 4) is 0 Å². The lowest BCUT2D eigenvalue weighted by molar-refractivity contribution is -0.125. The molecule has 2 unspecified atom stereocenters. The van der Waals surface area contributed by atoms with E-state index in [9.17, 15) is 4.79 Å². The fourth-order valence-corrected chi connectivity index (χ4v) is 3.25.